The highest BCUT2D eigenvalue weighted by Crippen LogP contribution is 2.31. The van der Waals surface area contributed by atoms with Crippen LogP contribution in [0.15, 0.2) is 53.1 Å². The number of carbonyl (C=O) groups is 1. The SMILES string of the molecule is COc1ccc(-c2noc(CN(C)C(=O)/C=C/c3ccc(Cl)cc3)n2)c(OC)c1. The Labute approximate surface area is 173 Å². The van der Waals surface area contributed by atoms with E-state index < -0.39 is 0 Å². The first kappa shape index (κ1) is 20.4. The van der Waals surface area contributed by atoms with Crippen molar-refractivity contribution in [2.24, 2.45) is 0 Å². The molecule has 0 aliphatic rings. The van der Waals surface area contributed by atoms with E-state index in [4.69, 9.17) is 25.6 Å². The monoisotopic (exact) mass is 413 g/mol. The minimum atomic E-state index is -0.193. The predicted molar refractivity (Wildman–Crippen MR) is 110 cm³/mol. The number of hydrogen-bond acceptors (Lipinski definition) is 6. The van der Waals surface area contributed by atoms with Crippen molar-refractivity contribution in [1.82, 2.24) is 15.0 Å². The molecule has 0 aliphatic carbocycles. The fourth-order valence-electron chi connectivity index (χ4n) is 2.56. The Morgan fingerprint density at radius 1 is 1.17 bits per heavy atom. The van der Waals surface area contributed by atoms with Crippen LogP contribution in [-0.4, -0.2) is 42.2 Å². The number of hydrogen-bond donors (Lipinski definition) is 0. The Bertz CT molecular complexity index is 1020. The van der Waals surface area contributed by atoms with E-state index in [1.54, 1.807) is 57.7 Å². The highest BCUT2D eigenvalue weighted by Gasteiger charge is 2.16. The number of likely N-dealkylation sites (N-methyl/N-ethyl adjacent to an activating group) is 1. The lowest BCUT2D eigenvalue weighted by Crippen LogP contribution is -2.24. The molecule has 1 heterocycles. The Morgan fingerprint density at radius 3 is 2.62 bits per heavy atom. The van der Waals surface area contributed by atoms with E-state index in [1.165, 1.54) is 11.0 Å². The van der Waals surface area contributed by atoms with Crippen LogP contribution in [-0.2, 0) is 11.3 Å². The number of rotatable bonds is 7. The number of aromatic nitrogens is 2. The summed E-state index contributed by atoms with van der Waals surface area (Å²) in [6.45, 7) is 0.176. The van der Waals surface area contributed by atoms with Gasteiger partial charge in [-0.1, -0.05) is 28.9 Å². The fraction of sp³-hybridized carbons (Fsp3) is 0.190. The van der Waals surface area contributed by atoms with Crippen LogP contribution in [0.5, 0.6) is 11.5 Å². The Morgan fingerprint density at radius 2 is 1.93 bits per heavy atom. The van der Waals surface area contributed by atoms with E-state index in [1.807, 2.05) is 12.1 Å². The van der Waals surface area contributed by atoms with Gasteiger partial charge in [0.15, 0.2) is 0 Å². The predicted octanol–water partition coefficient (Wildman–Crippen LogP) is 4.08. The zero-order valence-electron chi connectivity index (χ0n) is 16.3. The van der Waals surface area contributed by atoms with E-state index >= 15 is 0 Å². The van der Waals surface area contributed by atoms with Crippen molar-refractivity contribution in [3.8, 4) is 22.9 Å². The van der Waals surface area contributed by atoms with E-state index in [2.05, 4.69) is 10.1 Å². The number of halogens is 1. The molecule has 7 nitrogen and oxygen atoms in total. The normalized spacial score (nSPS) is 10.9. The molecule has 0 fully saturated rings. The van der Waals surface area contributed by atoms with Crippen molar-refractivity contribution in [1.29, 1.82) is 0 Å². The lowest BCUT2D eigenvalue weighted by molar-refractivity contribution is -0.125. The lowest BCUT2D eigenvalue weighted by atomic mass is 10.2. The highest BCUT2D eigenvalue weighted by atomic mass is 35.5. The molecular weight excluding hydrogens is 394 g/mol. The van der Waals surface area contributed by atoms with Crippen molar-refractivity contribution in [3.05, 3.63) is 65.0 Å². The van der Waals surface area contributed by atoms with Crippen LogP contribution in [0.2, 0.25) is 5.02 Å². The van der Waals surface area contributed by atoms with E-state index in [0.717, 1.165) is 5.56 Å². The molecule has 0 aliphatic heterocycles. The minimum Gasteiger partial charge on any atom is -0.497 e. The molecule has 0 N–H and O–H groups in total. The molecule has 8 heteroatoms. The summed E-state index contributed by atoms with van der Waals surface area (Å²) in [5.41, 5.74) is 1.54. The molecule has 3 aromatic rings. The molecule has 29 heavy (non-hydrogen) atoms. The molecule has 0 saturated heterocycles. The summed E-state index contributed by atoms with van der Waals surface area (Å²) in [6, 6.07) is 12.5. The largest absolute Gasteiger partial charge is 0.497 e. The quantitative estimate of drug-likeness (QED) is 0.543. The van der Waals surface area contributed by atoms with Crippen LogP contribution in [0.3, 0.4) is 0 Å². The molecular formula is C21H20ClN3O4. The van der Waals surface area contributed by atoms with Gasteiger partial charge in [0.1, 0.15) is 11.5 Å². The van der Waals surface area contributed by atoms with Gasteiger partial charge in [-0.3, -0.25) is 4.79 Å². The van der Waals surface area contributed by atoms with Gasteiger partial charge in [0, 0.05) is 24.2 Å². The lowest BCUT2D eigenvalue weighted by Gasteiger charge is -2.11. The number of ether oxygens (including phenoxy) is 2. The zero-order valence-corrected chi connectivity index (χ0v) is 17.0. The van der Waals surface area contributed by atoms with E-state index in [0.29, 0.717) is 33.8 Å². The van der Waals surface area contributed by atoms with E-state index in [9.17, 15) is 4.79 Å². The minimum absolute atomic E-state index is 0.176. The first-order valence-corrected chi connectivity index (χ1v) is 9.11. The third-order valence-electron chi connectivity index (χ3n) is 4.15. The fourth-order valence-corrected chi connectivity index (χ4v) is 2.69. The van der Waals surface area contributed by atoms with Crippen LogP contribution >= 0.6 is 11.6 Å². The summed E-state index contributed by atoms with van der Waals surface area (Å²) >= 11 is 5.86. The Balaban J connectivity index is 1.68. The molecule has 150 valence electrons. The number of carbonyl (C=O) groups excluding carboxylic acids is 1. The summed E-state index contributed by atoms with van der Waals surface area (Å²) in [5, 5.41) is 4.63. The van der Waals surface area contributed by atoms with Crippen LogP contribution in [0, 0.1) is 0 Å². The number of benzene rings is 2. The molecule has 1 amide bonds. The molecule has 0 saturated carbocycles. The molecule has 0 bridgehead atoms. The summed E-state index contributed by atoms with van der Waals surface area (Å²) in [4.78, 5) is 18.2. The van der Waals surface area contributed by atoms with Gasteiger partial charge in [-0.25, -0.2) is 0 Å². The molecule has 0 unspecified atom stereocenters. The van der Waals surface area contributed by atoms with Gasteiger partial charge in [-0.2, -0.15) is 4.98 Å². The third kappa shape index (κ3) is 5.14. The molecule has 0 radical (unpaired) electrons. The maximum absolute atomic E-state index is 12.3. The summed E-state index contributed by atoms with van der Waals surface area (Å²) in [7, 11) is 4.79. The van der Waals surface area contributed by atoms with Gasteiger partial charge in [-0.15, -0.1) is 0 Å². The van der Waals surface area contributed by atoms with Crippen molar-refractivity contribution >= 4 is 23.6 Å². The van der Waals surface area contributed by atoms with E-state index in [-0.39, 0.29) is 12.5 Å². The standard InChI is InChI=1S/C21H20ClN3O4/c1-25(20(26)11-6-14-4-7-15(22)8-5-14)13-19-23-21(24-29-19)17-10-9-16(27-2)12-18(17)28-3/h4-12H,13H2,1-3H3/b11-6+. The zero-order chi connectivity index (χ0) is 20.8. The summed E-state index contributed by atoms with van der Waals surface area (Å²) in [5.74, 6) is 1.71. The average Bonchev–Trinajstić information content (AvgIpc) is 3.20. The molecule has 0 atom stereocenters. The van der Waals surface area contributed by atoms with Gasteiger partial charge >= 0.3 is 0 Å². The average molecular weight is 414 g/mol. The molecule has 3 rings (SSSR count). The number of nitrogens with zero attached hydrogens (tertiary/aromatic N) is 3. The van der Waals surface area contributed by atoms with Gasteiger partial charge in [-0.05, 0) is 35.9 Å². The Kier molecular flexibility index (Phi) is 6.51. The number of amides is 1. The maximum atomic E-state index is 12.3. The van der Waals surface area contributed by atoms with Crippen LogP contribution in [0.4, 0.5) is 0 Å². The van der Waals surface area contributed by atoms with Crippen molar-refractivity contribution < 1.29 is 18.8 Å². The van der Waals surface area contributed by atoms with Crippen LogP contribution in [0.25, 0.3) is 17.5 Å². The van der Waals surface area contributed by atoms with Crippen molar-refractivity contribution in [3.63, 3.8) is 0 Å². The first-order valence-electron chi connectivity index (χ1n) is 8.74. The van der Waals surface area contributed by atoms with Gasteiger partial charge in [0.05, 0.1) is 26.3 Å². The molecule has 1 aromatic heterocycles. The van der Waals surface area contributed by atoms with Crippen LogP contribution < -0.4 is 9.47 Å². The van der Waals surface area contributed by atoms with Crippen molar-refractivity contribution in [2.75, 3.05) is 21.3 Å². The first-order chi connectivity index (χ1) is 14.0. The van der Waals surface area contributed by atoms with Gasteiger partial charge in [0.25, 0.3) is 0 Å². The van der Waals surface area contributed by atoms with Crippen molar-refractivity contribution in [2.45, 2.75) is 6.54 Å². The highest BCUT2D eigenvalue weighted by molar-refractivity contribution is 6.30. The van der Waals surface area contributed by atoms with Gasteiger partial charge in [0.2, 0.25) is 17.6 Å². The third-order valence-corrected chi connectivity index (χ3v) is 4.41. The summed E-state index contributed by atoms with van der Waals surface area (Å²) in [6.07, 6.45) is 3.20. The second-order valence-corrected chi connectivity index (χ2v) is 6.59. The molecule has 0 spiro atoms. The second kappa shape index (κ2) is 9.25. The summed E-state index contributed by atoms with van der Waals surface area (Å²) < 4.78 is 15.9. The second-order valence-electron chi connectivity index (χ2n) is 6.16. The Hall–Kier alpha value is -3.32. The maximum Gasteiger partial charge on any atom is 0.246 e. The molecule has 2 aromatic carbocycles. The topological polar surface area (TPSA) is 77.7 Å². The smallest absolute Gasteiger partial charge is 0.246 e. The number of methoxy groups -OCH3 is 2. The van der Waals surface area contributed by atoms with Gasteiger partial charge < -0.3 is 18.9 Å². The van der Waals surface area contributed by atoms with Crippen LogP contribution in [0.1, 0.15) is 11.5 Å².